The third kappa shape index (κ3) is 6.43. The minimum Gasteiger partial charge on any atom is -0.381 e. The van der Waals surface area contributed by atoms with Gasteiger partial charge in [-0.05, 0) is 55.5 Å². The molecule has 0 aliphatic heterocycles. The van der Waals surface area contributed by atoms with E-state index in [0.29, 0.717) is 38.7 Å². The normalized spacial score (nSPS) is 13.6. The third-order valence-electron chi connectivity index (χ3n) is 8.05. The van der Waals surface area contributed by atoms with Crippen LogP contribution in [0.15, 0.2) is 91.6 Å². The highest BCUT2D eigenvalue weighted by molar-refractivity contribution is 6.36. The lowest BCUT2D eigenvalue weighted by Gasteiger charge is -2.34. The van der Waals surface area contributed by atoms with Crippen LogP contribution in [0.5, 0.6) is 0 Å². The monoisotopic (exact) mass is 700 g/mol. The van der Waals surface area contributed by atoms with E-state index in [2.05, 4.69) is 15.0 Å². The van der Waals surface area contributed by atoms with Gasteiger partial charge in [0.25, 0.3) is 0 Å². The van der Waals surface area contributed by atoms with Crippen molar-refractivity contribution in [1.82, 2.24) is 24.5 Å². The fourth-order valence-electron chi connectivity index (χ4n) is 5.48. The summed E-state index contributed by atoms with van der Waals surface area (Å²) in [6.45, 7) is 2.23. The predicted molar refractivity (Wildman–Crippen MR) is 178 cm³/mol. The standard InChI is InChI=1S/C33H26Cl4F2N6O/c1-20(33(46,17-44-19-40-18-41-44)26-10-8-22(38)13-31(26)39)45-14-21-12-23(9-11-32(21)42-45)43(15-24-27(34)4-2-5-28(24)35)16-25-29(36)6-3-7-30(25)37/h2-14,18-20,46H,15-17H2,1H3/t20-,33-/m1/s1. The highest BCUT2D eigenvalue weighted by Crippen LogP contribution is 2.38. The Labute approximate surface area is 283 Å². The molecule has 6 rings (SSSR count). The Bertz CT molecular complexity index is 1930. The van der Waals surface area contributed by atoms with E-state index in [9.17, 15) is 9.50 Å². The summed E-state index contributed by atoms with van der Waals surface area (Å²) >= 11 is 26.3. The lowest BCUT2D eigenvalue weighted by atomic mass is 9.86. The van der Waals surface area contributed by atoms with Crippen LogP contribution < -0.4 is 4.90 Å². The van der Waals surface area contributed by atoms with E-state index in [0.717, 1.165) is 34.3 Å². The highest BCUT2D eigenvalue weighted by atomic mass is 35.5. The molecule has 0 amide bonds. The topological polar surface area (TPSA) is 72.0 Å². The lowest BCUT2D eigenvalue weighted by molar-refractivity contribution is -0.0366. The first-order chi connectivity index (χ1) is 22.0. The first-order valence-corrected chi connectivity index (χ1v) is 15.6. The van der Waals surface area contributed by atoms with E-state index in [1.54, 1.807) is 54.2 Å². The molecule has 0 saturated heterocycles. The molecule has 0 saturated carbocycles. The number of hydrogen-bond acceptors (Lipinski definition) is 5. The van der Waals surface area contributed by atoms with Crippen molar-refractivity contribution in [2.24, 2.45) is 0 Å². The molecule has 0 fully saturated rings. The number of fused-ring (bicyclic) bond motifs is 1. The van der Waals surface area contributed by atoms with E-state index in [1.807, 2.05) is 18.2 Å². The molecular formula is C33H26Cl4F2N6O. The molecule has 0 radical (unpaired) electrons. The second-order valence-corrected chi connectivity index (χ2v) is 12.6. The summed E-state index contributed by atoms with van der Waals surface area (Å²) in [5, 5.41) is 23.7. The fraction of sp³-hybridized carbons (Fsp3) is 0.182. The van der Waals surface area contributed by atoms with Crippen molar-refractivity contribution in [1.29, 1.82) is 0 Å². The van der Waals surface area contributed by atoms with E-state index in [4.69, 9.17) is 51.5 Å². The Hall–Kier alpha value is -3.73. The van der Waals surface area contributed by atoms with Gasteiger partial charge in [-0.15, -0.1) is 0 Å². The molecule has 1 N–H and O–H groups in total. The van der Waals surface area contributed by atoms with Gasteiger partial charge in [-0.25, -0.2) is 18.4 Å². The molecular weight excluding hydrogens is 676 g/mol. The van der Waals surface area contributed by atoms with Gasteiger partial charge in [0.05, 0.1) is 18.1 Å². The fourth-order valence-corrected chi connectivity index (χ4v) is 6.51. The molecule has 6 aromatic rings. The SMILES string of the molecule is C[C@@H](n1cc2cc(N(Cc3c(Cl)cccc3Cl)Cc3c(Cl)cccc3Cl)ccc2n1)[C@](O)(Cn1cncn1)c1ccc(F)cc1F. The molecule has 0 bridgehead atoms. The zero-order valence-electron chi connectivity index (χ0n) is 24.3. The Balaban J connectivity index is 1.40. The van der Waals surface area contributed by atoms with Gasteiger partial charge < -0.3 is 10.0 Å². The van der Waals surface area contributed by atoms with Crippen LogP contribution in [0.1, 0.15) is 29.7 Å². The lowest BCUT2D eigenvalue weighted by Crippen LogP contribution is -2.40. The van der Waals surface area contributed by atoms with Crippen molar-refractivity contribution >= 4 is 63.0 Å². The van der Waals surface area contributed by atoms with Gasteiger partial charge in [0.1, 0.15) is 29.9 Å². The van der Waals surface area contributed by atoms with Gasteiger partial charge in [-0.1, -0.05) is 64.6 Å². The van der Waals surface area contributed by atoms with Crippen LogP contribution in [0, 0.1) is 11.6 Å². The van der Waals surface area contributed by atoms with Crippen molar-refractivity contribution in [3.8, 4) is 0 Å². The summed E-state index contributed by atoms with van der Waals surface area (Å²) in [7, 11) is 0. The number of anilines is 1. The minimum absolute atomic E-state index is 0.100. The quantitative estimate of drug-likeness (QED) is 0.155. The van der Waals surface area contributed by atoms with Gasteiger partial charge >= 0.3 is 0 Å². The first kappa shape index (κ1) is 32.2. The minimum atomic E-state index is -1.88. The summed E-state index contributed by atoms with van der Waals surface area (Å²) < 4.78 is 31.9. The first-order valence-electron chi connectivity index (χ1n) is 14.1. The zero-order valence-corrected chi connectivity index (χ0v) is 27.3. The van der Waals surface area contributed by atoms with Crippen LogP contribution >= 0.6 is 46.4 Å². The Morgan fingerprint density at radius 2 is 1.50 bits per heavy atom. The number of benzene rings is 4. The number of hydrogen-bond donors (Lipinski definition) is 1. The maximum Gasteiger partial charge on any atom is 0.137 e. The maximum atomic E-state index is 15.2. The van der Waals surface area contributed by atoms with Crippen molar-refractivity contribution in [3.05, 3.63) is 140 Å². The van der Waals surface area contributed by atoms with E-state index >= 15 is 4.39 Å². The van der Waals surface area contributed by atoms with Crippen molar-refractivity contribution in [3.63, 3.8) is 0 Å². The number of nitrogens with zero attached hydrogens (tertiary/aromatic N) is 6. The molecule has 4 aromatic carbocycles. The summed E-state index contributed by atoms with van der Waals surface area (Å²) in [6.07, 6.45) is 4.49. The molecule has 46 heavy (non-hydrogen) atoms. The van der Waals surface area contributed by atoms with Crippen molar-refractivity contribution in [2.75, 3.05) is 4.90 Å². The summed E-state index contributed by atoms with van der Waals surface area (Å²) in [4.78, 5) is 5.99. The number of aromatic nitrogens is 5. The van der Waals surface area contributed by atoms with Crippen LogP contribution in [0.25, 0.3) is 10.9 Å². The van der Waals surface area contributed by atoms with Gasteiger partial charge in [0.15, 0.2) is 0 Å². The molecule has 7 nitrogen and oxygen atoms in total. The van der Waals surface area contributed by atoms with Gasteiger partial charge in [-0.2, -0.15) is 10.2 Å². The third-order valence-corrected chi connectivity index (χ3v) is 9.46. The van der Waals surface area contributed by atoms with Crippen LogP contribution in [0.2, 0.25) is 20.1 Å². The van der Waals surface area contributed by atoms with Crippen LogP contribution in [0.3, 0.4) is 0 Å². The molecule has 2 atom stereocenters. The van der Waals surface area contributed by atoms with Gasteiger partial charge in [0.2, 0.25) is 0 Å². The average Bonchev–Trinajstić information content (AvgIpc) is 3.69. The smallest absolute Gasteiger partial charge is 0.137 e. The van der Waals surface area contributed by atoms with Gasteiger partial charge in [0, 0.05) is 73.2 Å². The van der Waals surface area contributed by atoms with E-state index in [1.165, 1.54) is 23.4 Å². The predicted octanol–water partition coefficient (Wildman–Crippen LogP) is 8.88. The summed E-state index contributed by atoms with van der Waals surface area (Å²) in [5.74, 6) is -1.64. The Morgan fingerprint density at radius 3 is 2.07 bits per heavy atom. The second-order valence-electron chi connectivity index (χ2n) is 10.9. The van der Waals surface area contributed by atoms with Crippen LogP contribution in [0.4, 0.5) is 14.5 Å². The molecule has 236 valence electrons. The molecule has 13 heteroatoms. The maximum absolute atomic E-state index is 15.2. The molecule has 2 heterocycles. The van der Waals surface area contributed by atoms with E-state index in [-0.39, 0.29) is 12.1 Å². The van der Waals surface area contributed by atoms with Gasteiger partial charge in [-0.3, -0.25) is 4.68 Å². The number of halogens is 6. The largest absolute Gasteiger partial charge is 0.381 e. The summed E-state index contributed by atoms with van der Waals surface area (Å²) in [5.41, 5.74) is 0.913. The molecule has 0 spiro atoms. The summed E-state index contributed by atoms with van der Waals surface area (Å²) in [6, 6.07) is 18.6. The second kappa shape index (κ2) is 13.2. The Morgan fingerprint density at radius 1 is 0.870 bits per heavy atom. The zero-order chi connectivity index (χ0) is 32.6. The molecule has 2 aromatic heterocycles. The van der Waals surface area contributed by atoms with Crippen LogP contribution in [-0.4, -0.2) is 29.7 Å². The molecule has 0 aliphatic rings. The van der Waals surface area contributed by atoms with E-state index < -0.39 is 23.3 Å². The average molecular weight is 702 g/mol. The number of rotatable bonds is 10. The van der Waals surface area contributed by atoms with Crippen LogP contribution in [-0.2, 0) is 25.2 Å². The van der Waals surface area contributed by atoms with Crippen molar-refractivity contribution in [2.45, 2.75) is 38.2 Å². The van der Waals surface area contributed by atoms with Crippen molar-refractivity contribution < 1.29 is 13.9 Å². The molecule has 0 aliphatic carbocycles. The molecule has 0 unspecified atom stereocenters. The Kier molecular flexibility index (Phi) is 9.23. The number of aliphatic hydroxyl groups is 1. The highest BCUT2D eigenvalue weighted by Gasteiger charge is 2.41.